The molecule has 0 aliphatic carbocycles. The van der Waals surface area contributed by atoms with E-state index in [0.29, 0.717) is 11.3 Å². The zero-order valence-corrected chi connectivity index (χ0v) is 12.0. The predicted molar refractivity (Wildman–Crippen MR) is 82.7 cm³/mol. The number of carbonyl (C=O) groups excluding carboxylic acids is 1. The summed E-state index contributed by atoms with van der Waals surface area (Å²) >= 11 is 0. The van der Waals surface area contributed by atoms with E-state index in [-0.39, 0.29) is 11.7 Å². The van der Waals surface area contributed by atoms with Crippen LogP contribution in [-0.2, 0) is 0 Å². The van der Waals surface area contributed by atoms with E-state index in [1.165, 1.54) is 24.3 Å². The number of hydrogen-bond donors (Lipinski definition) is 1. The van der Waals surface area contributed by atoms with Gasteiger partial charge in [-0.2, -0.15) is 5.10 Å². The fraction of sp³-hybridized carbons (Fsp3) is 0.0588. The number of halogens is 1. The van der Waals surface area contributed by atoms with Crippen LogP contribution in [-0.4, -0.2) is 15.7 Å². The number of nitrogens with zero attached hydrogens (tertiary/aromatic N) is 2. The van der Waals surface area contributed by atoms with Gasteiger partial charge in [0.1, 0.15) is 5.82 Å². The summed E-state index contributed by atoms with van der Waals surface area (Å²) in [7, 11) is 0. The summed E-state index contributed by atoms with van der Waals surface area (Å²) in [5.41, 5.74) is 2.99. The molecule has 22 heavy (non-hydrogen) atoms. The summed E-state index contributed by atoms with van der Waals surface area (Å²) in [4.78, 5) is 12.1. The minimum atomic E-state index is -0.336. The van der Waals surface area contributed by atoms with Crippen molar-refractivity contribution < 1.29 is 9.18 Å². The molecule has 0 saturated carbocycles. The first-order valence-corrected chi connectivity index (χ1v) is 6.81. The number of anilines is 1. The van der Waals surface area contributed by atoms with Crippen LogP contribution in [0.1, 0.15) is 16.1 Å². The Morgan fingerprint density at radius 1 is 1.05 bits per heavy atom. The van der Waals surface area contributed by atoms with Gasteiger partial charge >= 0.3 is 0 Å². The fourth-order valence-electron chi connectivity index (χ4n) is 2.13. The molecule has 0 saturated heterocycles. The van der Waals surface area contributed by atoms with Gasteiger partial charge in [0.15, 0.2) is 0 Å². The molecule has 1 N–H and O–H groups in total. The monoisotopic (exact) mass is 295 g/mol. The number of nitrogens with one attached hydrogen (secondary N) is 1. The molecule has 3 rings (SSSR count). The number of amides is 1. The molecule has 2 aromatic carbocycles. The van der Waals surface area contributed by atoms with Crippen molar-refractivity contribution in [1.82, 2.24) is 9.78 Å². The molecular weight excluding hydrogens is 281 g/mol. The van der Waals surface area contributed by atoms with E-state index in [1.54, 1.807) is 23.0 Å². The van der Waals surface area contributed by atoms with Gasteiger partial charge in [-0.05, 0) is 61.5 Å². The van der Waals surface area contributed by atoms with Crippen LogP contribution in [0.5, 0.6) is 0 Å². The second-order valence-corrected chi connectivity index (χ2v) is 4.89. The molecule has 0 unspecified atom stereocenters. The van der Waals surface area contributed by atoms with E-state index < -0.39 is 0 Å². The third kappa shape index (κ3) is 2.88. The summed E-state index contributed by atoms with van der Waals surface area (Å²) in [6.45, 7) is 1.96. The Bertz CT molecular complexity index is 792. The summed E-state index contributed by atoms with van der Waals surface area (Å²) in [6.07, 6.45) is 1.73. The third-order valence-corrected chi connectivity index (χ3v) is 3.31. The molecule has 1 amide bonds. The Labute approximate surface area is 127 Å². The van der Waals surface area contributed by atoms with E-state index in [1.807, 2.05) is 25.1 Å². The zero-order chi connectivity index (χ0) is 15.5. The van der Waals surface area contributed by atoms with Crippen molar-refractivity contribution in [2.24, 2.45) is 0 Å². The Morgan fingerprint density at radius 2 is 1.73 bits per heavy atom. The Morgan fingerprint density at radius 3 is 2.32 bits per heavy atom. The van der Waals surface area contributed by atoms with Gasteiger partial charge in [-0.25, -0.2) is 9.07 Å². The lowest BCUT2D eigenvalue weighted by molar-refractivity contribution is 0.102. The largest absolute Gasteiger partial charge is 0.322 e. The van der Waals surface area contributed by atoms with Crippen molar-refractivity contribution in [2.45, 2.75) is 6.92 Å². The number of hydrogen-bond acceptors (Lipinski definition) is 2. The number of carbonyl (C=O) groups is 1. The number of benzene rings is 2. The molecule has 3 aromatic rings. The van der Waals surface area contributed by atoms with Crippen molar-refractivity contribution in [1.29, 1.82) is 0 Å². The van der Waals surface area contributed by atoms with Gasteiger partial charge in [0.2, 0.25) is 0 Å². The van der Waals surface area contributed by atoms with Crippen molar-refractivity contribution in [3.8, 4) is 5.69 Å². The molecule has 110 valence electrons. The van der Waals surface area contributed by atoms with Crippen LogP contribution < -0.4 is 5.32 Å². The number of aryl methyl sites for hydroxylation is 1. The highest BCUT2D eigenvalue weighted by Gasteiger charge is 2.07. The zero-order valence-electron chi connectivity index (χ0n) is 12.0. The van der Waals surface area contributed by atoms with E-state index in [9.17, 15) is 9.18 Å². The first kappa shape index (κ1) is 14.0. The summed E-state index contributed by atoms with van der Waals surface area (Å²) < 4.78 is 14.6. The van der Waals surface area contributed by atoms with Gasteiger partial charge in [0.05, 0.1) is 5.69 Å². The topological polar surface area (TPSA) is 46.9 Å². The van der Waals surface area contributed by atoms with Crippen LogP contribution in [0, 0.1) is 12.7 Å². The molecule has 1 heterocycles. The predicted octanol–water partition coefficient (Wildman–Crippen LogP) is 3.57. The number of rotatable bonds is 3. The van der Waals surface area contributed by atoms with Crippen LogP contribution in [0.2, 0.25) is 0 Å². The highest BCUT2D eigenvalue weighted by atomic mass is 19.1. The molecule has 0 fully saturated rings. The normalized spacial score (nSPS) is 10.5. The first-order valence-electron chi connectivity index (χ1n) is 6.81. The average Bonchev–Trinajstić information content (AvgIpc) is 2.96. The molecule has 0 spiro atoms. The molecule has 5 heteroatoms. The van der Waals surface area contributed by atoms with Gasteiger partial charge in [0, 0.05) is 23.1 Å². The summed E-state index contributed by atoms with van der Waals surface area (Å²) in [6, 6.07) is 14.7. The van der Waals surface area contributed by atoms with Gasteiger partial charge < -0.3 is 5.32 Å². The Balaban J connectivity index is 1.76. The van der Waals surface area contributed by atoms with E-state index in [0.717, 1.165) is 11.4 Å². The maximum atomic E-state index is 12.8. The minimum absolute atomic E-state index is 0.240. The first-order chi connectivity index (χ1) is 10.6. The second-order valence-electron chi connectivity index (χ2n) is 4.89. The Kier molecular flexibility index (Phi) is 3.70. The maximum absolute atomic E-state index is 12.8. The molecule has 0 aliphatic rings. The summed E-state index contributed by atoms with van der Waals surface area (Å²) in [5, 5.41) is 6.94. The van der Waals surface area contributed by atoms with Gasteiger partial charge in [0.25, 0.3) is 5.91 Å². The van der Waals surface area contributed by atoms with Gasteiger partial charge in [-0.1, -0.05) is 0 Å². The van der Waals surface area contributed by atoms with Crippen molar-refractivity contribution in [3.05, 3.63) is 77.9 Å². The number of aromatic nitrogens is 2. The van der Waals surface area contributed by atoms with Crippen molar-refractivity contribution >= 4 is 11.6 Å². The van der Waals surface area contributed by atoms with Crippen LogP contribution in [0.25, 0.3) is 5.69 Å². The third-order valence-electron chi connectivity index (χ3n) is 3.31. The standard InChI is InChI=1S/C17H14FN3O/c1-12-10-11-19-21(12)16-8-2-13(3-9-16)17(22)20-15-6-4-14(18)5-7-15/h2-11H,1H3,(H,20,22). The smallest absolute Gasteiger partial charge is 0.255 e. The molecule has 0 aliphatic heterocycles. The Hall–Kier alpha value is -2.95. The highest BCUT2D eigenvalue weighted by Crippen LogP contribution is 2.14. The quantitative estimate of drug-likeness (QED) is 0.803. The molecule has 0 radical (unpaired) electrons. The van der Waals surface area contributed by atoms with Crippen LogP contribution in [0.3, 0.4) is 0 Å². The molecule has 0 bridgehead atoms. The van der Waals surface area contributed by atoms with E-state index in [4.69, 9.17) is 0 Å². The molecule has 0 atom stereocenters. The molecule has 1 aromatic heterocycles. The molecule has 4 nitrogen and oxygen atoms in total. The lowest BCUT2D eigenvalue weighted by Crippen LogP contribution is -2.12. The van der Waals surface area contributed by atoms with Gasteiger partial charge in [-0.3, -0.25) is 4.79 Å². The van der Waals surface area contributed by atoms with Crippen molar-refractivity contribution in [2.75, 3.05) is 5.32 Å². The van der Waals surface area contributed by atoms with Crippen molar-refractivity contribution in [3.63, 3.8) is 0 Å². The maximum Gasteiger partial charge on any atom is 0.255 e. The van der Waals surface area contributed by atoms with E-state index in [2.05, 4.69) is 10.4 Å². The lowest BCUT2D eigenvalue weighted by Gasteiger charge is -2.07. The SMILES string of the molecule is Cc1ccnn1-c1ccc(C(=O)Nc2ccc(F)cc2)cc1. The van der Waals surface area contributed by atoms with Crippen LogP contribution in [0.4, 0.5) is 10.1 Å². The molecular formula is C17H14FN3O. The second kappa shape index (κ2) is 5.81. The van der Waals surface area contributed by atoms with Gasteiger partial charge in [-0.15, -0.1) is 0 Å². The average molecular weight is 295 g/mol. The fourth-order valence-corrected chi connectivity index (χ4v) is 2.13. The lowest BCUT2D eigenvalue weighted by atomic mass is 10.2. The summed E-state index contributed by atoms with van der Waals surface area (Å²) in [5.74, 6) is -0.577. The minimum Gasteiger partial charge on any atom is -0.322 e. The van der Waals surface area contributed by atoms with Crippen LogP contribution in [0.15, 0.2) is 60.8 Å². The van der Waals surface area contributed by atoms with E-state index >= 15 is 0 Å². The van der Waals surface area contributed by atoms with Crippen LogP contribution >= 0.6 is 0 Å². The highest BCUT2D eigenvalue weighted by molar-refractivity contribution is 6.04.